The van der Waals surface area contributed by atoms with E-state index in [9.17, 15) is 4.79 Å². The third-order valence-corrected chi connectivity index (χ3v) is 6.20. The number of benzene rings is 1. The van der Waals surface area contributed by atoms with Gasteiger partial charge in [0.05, 0.1) is 16.8 Å². The molecule has 1 fully saturated rings. The van der Waals surface area contributed by atoms with Crippen molar-refractivity contribution in [3.05, 3.63) is 63.7 Å². The number of anilines is 1. The van der Waals surface area contributed by atoms with Crippen molar-refractivity contribution in [1.29, 1.82) is 0 Å². The minimum Gasteiger partial charge on any atom is -0.342 e. The van der Waals surface area contributed by atoms with Crippen LogP contribution in [0.1, 0.15) is 36.6 Å². The number of H-pyrrole nitrogens is 1. The fourth-order valence-corrected chi connectivity index (χ4v) is 4.67. The van der Waals surface area contributed by atoms with Crippen LogP contribution in [0.3, 0.4) is 0 Å². The Balaban J connectivity index is 1.38. The van der Waals surface area contributed by atoms with Crippen LogP contribution in [0, 0.1) is 5.92 Å². The van der Waals surface area contributed by atoms with Gasteiger partial charge in [0.25, 0.3) is 5.56 Å². The molecular weight excluding hydrogens is 362 g/mol. The molecule has 0 saturated carbocycles. The molecule has 1 saturated heterocycles. The monoisotopic (exact) mass is 389 g/mol. The van der Waals surface area contributed by atoms with Gasteiger partial charge in [0.15, 0.2) is 0 Å². The van der Waals surface area contributed by atoms with E-state index in [1.54, 1.807) is 0 Å². The predicted octanol–water partition coefficient (Wildman–Crippen LogP) is 3.11. The molecule has 1 aromatic carbocycles. The molecule has 2 aliphatic rings. The van der Waals surface area contributed by atoms with Crippen LogP contribution in [-0.4, -0.2) is 39.5 Å². The van der Waals surface area contributed by atoms with Crippen LogP contribution in [-0.2, 0) is 19.5 Å². The van der Waals surface area contributed by atoms with Gasteiger partial charge in [-0.05, 0) is 30.4 Å². The van der Waals surface area contributed by atoms with E-state index in [0.29, 0.717) is 12.5 Å². The maximum Gasteiger partial charge on any atom is 0.257 e. The molecule has 4 heterocycles. The topological polar surface area (TPSA) is 65.1 Å². The molecule has 3 aromatic rings. The molecule has 1 N–H and O–H groups in total. The van der Waals surface area contributed by atoms with E-state index in [1.807, 2.05) is 12.3 Å². The molecule has 1 atom stereocenters. The van der Waals surface area contributed by atoms with E-state index in [4.69, 9.17) is 4.98 Å². The number of fused-ring (bicyclic) bond motifs is 2. The zero-order valence-corrected chi connectivity index (χ0v) is 16.9. The Labute approximate surface area is 170 Å². The second kappa shape index (κ2) is 7.59. The second-order valence-corrected chi connectivity index (χ2v) is 8.46. The van der Waals surface area contributed by atoms with Gasteiger partial charge >= 0.3 is 0 Å². The highest BCUT2D eigenvalue weighted by atomic mass is 16.1. The van der Waals surface area contributed by atoms with Crippen molar-refractivity contribution in [2.24, 2.45) is 5.92 Å². The number of rotatable bonds is 3. The predicted molar refractivity (Wildman–Crippen MR) is 115 cm³/mol. The number of para-hydroxylation sites is 1. The SMILES string of the molecule is CC1CCCN(c2nc3c(c(=O)[nH]2)CN(Cc2cccc4cccnc24)CC3)C1. The summed E-state index contributed by atoms with van der Waals surface area (Å²) in [6, 6.07) is 10.4. The quantitative estimate of drug-likeness (QED) is 0.746. The van der Waals surface area contributed by atoms with Gasteiger partial charge in [-0.25, -0.2) is 4.98 Å². The van der Waals surface area contributed by atoms with Crippen LogP contribution in [0.15, 0.2) is 41.3 Å². The normalized spacial score (nSPS) is 20.0. The number of aromatic amines is 1. The van der Waals surface area contributed by atoms with Gasteiger partial charge in [0, 0.05) is 50.7 Å². The van der Waals surface area contributed by atoms with Gasteiger partial charge in [-0.15, -0.1) is 0 Å². The first-order chi connectivity index (χ1) is 14.2. The van der Waals surface area contributed by atoms with E-state index in [2.05, 4.69) is 51.0 Å². The molecule has 0 spiro atoms. The van der Waals surface area contributed by atoms with E-state index >= 15 is 0 Å². The van der Waals surface area contributed by atoms with Gasteiger partial charge in [-0.3, -0.25) is 19.7 Å². The number of nitrogens with zero attached hydrogens (tertiary/aromatic N) is 4. The van der Waals surface area contributed by atoms with Crippen LogP contribution in [0.5, 0.6) is 0 Å². The van der Waals surface area contributed by atoms with Gasteiger partial charge in [-0.2, -0.15) is 0 Å². The smallest absolute Gasteiger partial charge is 0.257 e. The number of nitrogens with one attached hydrogen (secondary N) is 1. The molecule has 0 radical (unpaired) electrons. The molecule has 150 valence electrons. The standard InChI is InChI=1S/C23H27N5O/c1-16-5-4-11-28(13-16)23-25-20-9-12-27(15-19(20)22(29)26-23)14-18-7-2-6-17-8-3-10-24-21(17)18/h2-3,6-8,10,16H,4-5,9,11-15H2,1H3,(H,25,26,29). The number of hydrogen-bond acceptors (Lipinski definition) is 5. The summed E-state index contributed by atoms with van der Waals surface area (Å²) in [5, 5.41) is 1.15. The number of aromatic nitrogens is 3. The minimum absolute atomic E-state index is 0.0176. The van der Waals surface area contributed by atoms with Gasteiger partial charge in [0.1, 0.15) is 0 Å². The Morgan fingerprint density at radius 2 is 2.10 bits per heavy atom. The summed E-state index contributed by atoms with van der Waals surface area (Å²) in [6.45, 7) is 6.55. The van der Waals surface area contributed by atoms with E-state index in [0.717, 1.165) is 67.1 Å². The highest BCUT2D eigenvalue weighted by Gasteiger charge is 2.24. The van der Waals surface area contributed by atoms with Crippen LogP contribution in [0.4, 0.5) is 5.95 Å². The Hall–Kier alpha value is -2.73. The molecule has 0 amide bonds. The Bertz CT molecular complexity index is 1090. The van der Waals surface area contributed by atoms with Crippen LogP contribution >= 0.6 is 0 Å². The first-order valence-corrected chi connectivity index (χ1v) is 10.6. The number of pyridine rings is 1. The molecule has 0 bridgehead atoms. The van der Waals surface area contributed by atoms with Gasteiger partial charge in [0.2, 0.25) is 5.95 Å². The molecule has 1 unspecified atom stereocenters. The Morgan fingerprint density at radius 3 is 3.00 bits per heavy atom. The molecular formula is C23H27N5O. The van der Waals surface area contributed by atoms with Gasteiger partial charge < -0.3 is 4.90 Å². The summed E-state index contributed by atoms with van der Waals surface area (Å²) in [5.74, 6) is 1.40. The van der Waals surface area contributed by atoms with Crippen molar-refractivity contribution < 1.29 is 0 Å². The Kier molecular flexibility index (Phi) is 4.79. The van der Waals surface area contributed by atoms with Crippen LogP contribution in [0.25, 0.3) is 10.9 Å². The highest BCUT2D eigenvalue weighted by molar-refractivity contribution is 5.81. The molecule has 5 rings (SSSR count). The van der Waals surface area contributed by atoms with Gasteiger partial charge in [-0.1, -0.05) is 31.2 Å². The zero-order valence-electron chi connectivity index (χ0n) is 16.9. The maximum absolute atomic E-state index is 12.9. The third kappa shape index (κ3) is 3.65. The molecule has 0 aliphatic carbocycles. The van der Waals surface area contributed by atoms with Crippen molar-refractivity contribution in [3.8, 4) is 0 Å². The van der Waals surface area contributed by atoms with Crippen molar-refractivity contribution in [2.45, 2.75) is 39.3 Å². The molecule has 2 aliphatic heterocycles. The average Bonchev–Trinajstić information content (AvgIpc) is 2.74. The maximum atomic E-state index is 12.9. The lowest BCUT2D eigenvalue weighted by Gasteiger charge is -2.33. The largest absolute Gasteiger partial charge is 0.342 e. The third-order valence-electron chi connectivity index (χ3n) is 6.20. The average molecular weight is 390 g/mol. The zero-order chi connectivity index (χ0) is 19.8. The number of hydrogen-bond donors (Lipinski definition) is 1. The van der Waals surface area contributed by atoms with Crippen LogP contribution in [0.2, 0.25) is 0 Å². The second-order valence-electron chi connectivity index (χ2n) is 8.46. The fraction of sp³-hybridized carbons (Fsp3) is 0.435. The summed E-state index contributed by atoms with van der Waals surface area (Å²) >= 11 is 0. The summed E-state index contributed by atoms with van der Waals surface area (Å²) in [4.78, 5) is 29.9. The molecule has 6 heteroatoms. The number of piperidine rings is 1. The highest BCUT2D eigenvalue weighted by Crippen LogP contribution is 2.23. The summed E-state index contributed by atoms with van der Waals surface area (Å²) in [5.41, 5.74) is 4.05. The minimum atomic E-state index is 0.0176. The van der Waals surface area contributed by atoms with Crippen molar-refractivity contribution in [1.82, 2.24) is 19.9 Å². The lowest BCUT2D eigenvalue weighted by Crippen LogP contribution is -2.39. The lowest BCUT2D eigenvalue weighted by atomic mass is 10.0. The van der Waals surface area contributed by atoms with E-state index in [-0.39, 0.29) is 5.56 Å². The summed E-state index contributed by atoms with van der Waals surface area (Å²) < 4.78 is 0. The summed E-state index contributed by atoms with van der Waals surface area (Å²) in [7, 11) is 0. The first-order valence-electron chi connectivity index (χ1n) is 10.6. The van der Waals surface area contributed by atoms with Crippen molar-refractivity contribution >= 4 is 16.9 Å². The van der Waals surface area contributed by atoms with E-state index in [1.165, 1.54) is 12.0 Å². The fourth-order valence-electron chi connectivity index (χ4n) is 4.67. The lowest BCUT2D eigenvalue weighted by molar-refractivity contribution is 0.242. The van der Waals surface area contributed by atoms with Crippen LogP contribution < -0.4 is 10.5 Å². The molecule has 2 aromatic heterocycles. The summed E-state index contributed by atoms with van der Waals surface area (Å²) in [6.07, 6.45) is 5.07. The Morgan fingerprint density at radius 1 is 1.21 bits per heavy atom. The van der Waals surface area contributed by atoms with E-state index < -0.39 is 0 Å². The van der Waals surface area contributed by atoms with Crippen molar-refractivity contribution in [3.63, 3.8) is 0 Å². The first kappa shape index (κ1) is 18.3. The van der Waals surface area contributed by atoms with Crippen molar-refractivity contribution in [2.75, 3.05) is 24.5 Å². The molecule has 6 nitrogen and oxygen atoms in total. The molecule has 29 heavy (non-hydrogen) atoms.